The molecule has 7 aromatic carbocycles. The summed E-state index contributed by atoms with van der Waals surface area (Å²) in [4.78, 5) is 4.70. The van der Waals surface area contributed by atoms with Crippen LogP contribution in [0.1, 0.15) is 28.8 Å². The van der Waals surface area contributed by atoms with Crippen molar-refractivity contribution in [1.29, 1.82) is 0 Å². The van der Waals surface area contributed by atoms with Crippen LogP contribution in [0, 0.1) is 0 Å². The minimum absolute atomic E-state index is 1.08. The van der Waals surface area contributed by atoms with Crippen molar-refractivity contribution >= 4 is 85.1 Å². The van der Waals surface area contributed by atoms with E-state index in [0.717, 1.165) is 58.1 Å². The van der Waals surface area contributed by atoms with Crippen LogP contribution in [0.3, 0.4) is 0 Å². The van der Waals surface area contributed by atoms with Gasteiger partial charge in [-0.3, -0.25) is 0 Å². The van der Waals surface area contributed by atoms with Crippen molar-refractivity contribution in [2.45, 2.75) is 12.8 Å². The monoisotopic (exact) mass is 722 g/mol. The van der Waals surface area contributed by atoms with Crippen LogP contribution in [0.4, 0.5) is 34.1 Å². The van der Waals surface area contributed by atoms with Gasteiger partial charge in [0.05, 0.1) is 0 Å². The fourth-order valence-electron chi connectivity index (χ4n) is 8.57. The van der Waals surface area contributed by atoms with Crippen LogP contribution < -0.4 is 9.80 Å². The van der Waals surface area contributed by atoms with Gasteiger partial charge < -0.3 is 18.9 Å². The minimum atomic E-state index is 1.08. The smallest absolute Gasteiger partial charge is 0.0490 e. The van der Waals surface area contributed by atoms with E-state index >= 15 is 0 Å². The number of hydrogen-bond acceptors (Lipinski definition) is 2. The van der Waals surface area contributed by atoms with E-state index < -0.39 is 0 Å². The molecule has 0 atom stereocenters. The largest absolute Gasteiger partial charge is 0.344 e. The summed E-state index contributed by atoms with van der Waals surface area (Å²) in [5.74, 6) is 0. The Hall–Kier alpha value is -7.04. The average molecular weight is 723 g/mol. The predicted octanol–water partition coefficient (Wildman–Crippen LogP) is 13.9. The zero-order valence-electron chi connectivity index (χ0n) is 31.7. The van der Waals surface area contributed by atoms with Gasteiger partial charge in [-0.2, -0.15) is 0 Å². The molecule has 1 aliphatic rings. The normalized spacial score (nSPS) is 12.5. The van der Waals surface area contributed by atoms with Gasteiger partial charge in [-0.15, -0.1) is 0 Å². The Kier molecular flexibility index (Phi) is 8.37. The highest BCUT2D eigenvalue weighted by Crippen LogP contribution is 2.40. The molecule has 2 heterocycles. The molecule has 0 radical (unpaired) electrons. The number of benzene rings is 7. The Morgan fingerprint density at radius 2 is 0.893 bits per heavy atom. The molecule has 4 heteroatoms. The van der Waals surface area contributed by atoms with E-state index in [1.54, 1.807) is 0 Å². The van der Waals surface area contributed by atoms with Crippen molar-refractivity contribution in [2.75, 3.05) is 9.80 Å². The lowest BCUT2D eigenvalue weighted by Gasteiger charge is -2.26. The first-order chi connectivity index (χ1) is 27.6. The Bertz CT molecular complexity index is 2910. The highest BCUT2D eigenvalue weighted by molar-refractivity contribution is 6.09. The van der Waals surface area contributed by atoms with Crippen molar-refractivity contribution in [1.82, 2.24) is 9.13 Å². The molecule has 0 saturated heterocycles. The second kappa shape index (κ2) is 14.0. The Morgan fingerprint density at radius 3 is 1.48 bits per heavy atom. The fraction of sp³-hybridized carbons (Fsp3) is 0.0769. The quantitative estimate of drug-likeness (QED) is 0.145. The molecule has 0 amide bonds. The second-order valence-electron chi connectivity index (χ2n) is 14.7. The summed E-state index contributed by atoms with van der Waals surface area (Å²) in [6.07, 6.45) is 11.1. The van der Waals surface area contributed by atoms with Crippen molar-refractivity contribution in [2.24, 2.45) is 14.1 Å². The first-order valence-electron chi connectivity index (χ1n) is 19.4. The lowest BCUT2D eigenvalue weighted by atomic mass is 10.0. The Morgan fingerprint density at radius 1 is 0.429 bits per heavy atom. The number of anilines is 6. The summed E-state index contributed by atoms with van der Waals surface area (Å²) < 4.78 is 4.61. The van der Waals surface area contributed by atoms with Gasteiger partial charge in [0, 0.05) is 86.6 Å². The molecule has 56 heavy (non-hydrogen) atoms. The minimum Gasteiger partial charge on any atom is -0.344 e. The van der Waals surface area contributed by atoms with E-state index in [1.807, 2.05) is 0 Å². The highest BCUT2D eigenvalue weighted by atomic mass is 15.1. The van der Waals surface area contributed by atoms with E-state index in [-0.39, 0.29) is 0 Å². The number of allylic oxidation sites excluding steroid dienone is 1. The van der Waals surface area contributed by atoms with Gasteiger partial charge in [-0.25, -0.2) is 0 Å². The molecule has 9 aromatic rings. The molecule has 0 N–H and O–H groups in total. The SMILES string of the molecule is Cn1c2c(c3cc(N(c4ccccc4)c4ccc(/C=C/c5ccc(N(c6ccccc6)c6ccc7c(c6)c6ccccc6n7C)cc5)cc4)ccc31)CCC=C2. The van der Waals surface area contributed by atoms with Crippen molar-refractivity contribution in [3.8, 4) is 0 Å². The van der Waals surface area contributed by atoms with Crippen LogP contribution in [0.25, 0.3) is 50.9 Å². The third kappa shape index (κ3) is 5.87. The number of aromatic nitrogens is 2. The zero-order chi connectivity index (χ0) is 37.6. The molecule has 10 rings (SSSR count). The maximum absolute atomic E-state index is 2.37. The van der Waals surface area contributed by atoms with Crippen molar-refractivity contribution in [3.05, 3.63) is 198 Å². The number of hydrogen-bond donors (Lipinski definition) is 0. The summed E-state index contributed by atoms with van der Waals surface area (Å²) in [7, 11) is 4.33. The zero-order valence-corrected chi connectivity index (χ0v) is 31.7. The fourth-order valence-corrected chi connectivity index (χ4v) is 8.57. The van der Waals surface area contributed by atoms with Crippen LogP contribution in [0.15, 0.2) is 176 Å². The number of para-hydroxylation sites is 3. The molecule has 0 bridgehead atoms. The number of nitrogens with zero attached hydrogens (tertiary/aromatic N) is 4. The van der Waals surface area contributed by atoms with Gasteiger partial charge in [0.2, 0.25) is 0 Å². The average Bonchev–Trinajstić information content (AvgIpc) is 3.71. The third-order valence-corrected chi connectivity index (χ3v) is 11.4. The standard InChI is InChI=1S/C52H42N4/c1-53-49-19-11-9-17-45(49)47-35-43(31-33-51(47)53)55(39-13-5-3-6-14-39)41-27-23-37(24-28-41)21-22-38-25-29-42(30-26-38)56(40-15-7-4-8-16-40)44-32-34-52-48(36-44)46-18-10-12-20-50(46)54(52)2/h3-9,11-17,19-36H,10,18H2,1-2H3/b22-21+. The molecule has 4 nitrogen and oxygen atoms in total. The van der Waals surface area contributed by atoms with E-state index in [9.17, 15) is 0 Å². The molecule has 0 fully saturated rings. The topological polar surface area (TPSA) is 16.3 Å². The third-order valence-electron chi connectivity index (χ3n) is 11.4. The highest BCUT2D eigenvalue weighted by Gasteiger charge is 2.19. The molecule has 2 aromatic heterocycles. The van der Waals surface area contributed by atoms with E-state index in [1.165, 1.54) is 44.0 Å². The number of fused-ring (bicyclic) bond motifs is 6. The first-order valence-corrected chi connectivity index (χ1v) is 19.4. The van der Waals surface area contributed by atoms with Crippen molar-refractivity contribution in [3.63, 3.8) is 0 Å². The van der Waals surface area contributed by atoms with Crippen LogP contribution >= 0.6 is 0 Å². The van der Waals surface area contributed by atoms with Crippen molar-refractivity contribution < 1.29 is 0 Å². The summed E-state index contributed by atoms with van der Waals surface area (Å²) in [5.41, 5.74) is 15.6. The molecule has 270 valence electrons. The predicted molar refractivity (Wildman–Crippen MR) is 239 cm³/mol. The lowest BCUT2D eigenvalue weighted by Crippen LogP contribution is -2.09. The first kappa shape index (κ1) is 33.5. The van der Waals surface area contributed by atoms with Gasteiger partial charge >= 0.3 is 0 Å². The maximum Gasteiger partial charge on any atom is 0.0490 e. The Balaban J connectivity index is 0.939. The molecular formula is C52H42N4. The van der Waals surface area contributed by atoms with Crippen LogP contribution in [0.5, 0.6) is 0 Å². The van der Waals surface area contributed by atoms with Crippen LogP contribution in [-0.2, 0) is 20.5 Å². The van der Waals surface area contributed by atoms with Gasteiger partial charge in [-0.05, 0) is 127 Å². The summed E-state index contributed by atoms with van der Waals surface area (Å²) >= 11 is 0. The lowest BCUT2D eigenvalue weighted by molar-refractivity contribution is 0.908. The van der Waals surface area contributed by atoms with Crippen LogP contribution in [-0.4, -0.2) is 9.13 Å². The molecule has 1 aliphatic carbocycles. The molecule has 0 unspecified atom stereocenters. The van der Waals surface area contributed by atoms with E-state index in [0.29, 0.717) is 0 Å². The number of rotatable bonds is 8. The summed E-state index contributed by atoms with van der Waals surface area (Å²) in [6.45, 7) is 0. The van der Waals surface area contributed by atoms with E-state index in [2.05, 4.69) is 227 Å². The maximum atomic E-state index is 2.37. The van der Waals surface area contributed by atoms with Gasteiger partial charge in [0.15, 0.2) is 0 Å². The molecule has 0 spiro atoms. The van der Waals surface area contributed by atoms with E-state index in [4.69, 9.17) is 0 Å². The van der Waals surface area contributed by atoms with Gasteiger partial charge in [0.1, 0.15) is 0 Å². The summed E-state index contributed by atoms with van der Waals surface area (Å²) in [5, 5.41) is 3.87. The number of aryl methyl sites for hydroxylation is 3. The van der Waals surface area contributed by atoms with Gasteiger partial charge in [0.25, 0.3) is 0 Å². The summed E-state index contributed by atoms with van der Waals surface area (Å²) in [6, 6.07) is 61.4. The molecule has 0 aliphatic heterocycles. The van der Waals surface area contributed by atoms with Gasteiger partial charge in [-0.1, -0.05) is 97.1 Å². The Labute approximate surface area is 328 Å². The molecular weight excluding hydrogens is 681 g/mol. The van der Waals surface area contributed by atoms with Crippen LogP contribution in [0.2, 0.25) is 0 Å². The second-order valence-corrected chi connectivity index (χ2v) is 14.7. The molecule has 0 saturated carbocycles.